The van der Waals surface area contributed by atoms with Crippen LogP contribution < -0.4 is 4.74 Å². The lowest BCUT2D eigenvalue weighted by molar-refractivity contribution is -0.153. The number of phenolic OH excluding ortho intramolecular Hbond substituents is 1. The molecule has 0 fully saturated rings. The number of hydrogen-bond acceptors (Lipinski definition) is 7. The van der Waals surface area contributed by atoms with Crippen LogP contribution >= 0.6 is 0 Å². The summed E-state index contributed by atoms with van der Waals surface area (Å²) in [6.07, 6.45) is -1.70. The maximum atomic E-state index is 11.6. The first-order valence-corrected chi connectivity index (χ1v) is 5.80. The first-order chi connectivity index (χ1) is 9.46. The minimum atomic E-state index is -1.70. The molecule has 7 nitrogen and oxygen atoms in total. The summed E-state index contributed by atoms with van der Waals surface area (Å²) in [7, 11) is 2.48. The molecule has 0 saturated carbocycles. The molecule has 110 valence electrons. The van der Waals surface area contributed by atoms with Crippen LogP contribution in [0.25, 0.3) is 0 Å². The molecule has 0 aromatic heterocycles. The summed E-state index contributed by atoms with van der Waals surface area (Å²) in [4.78, 5) is 23.1. The van der Waals surface area contributed by atoms with Crippen LogP contribution in [0.3, 0.4) is 0 Å². The third-order valence-corrected chi connectivity index (χ3v) is 2.56. The third-order valence-electron chi connectivity index (χ3n) is 2.56. The van der Waals surface area contributed by atoms with E-state index >= 15 is 0 Å². The first-order valence-electron chi connectivity index (χ1n) is 5.80. The number of phenols is 1. The van der Waals surface area contributed by atoms with E-state index in [9.17, 15) is 19.8 Å². The van der Waals surface area contributed by atoms with Crippen molar-refractivity contribution in [3.05, 3.63) is 23.3 Å². The number of aliphatic hydroxyl groups is 1. The highest BCUT2D eigenvalue weighted by Gasteiger charge is 2.26. The van der Waals surface area contributed by atoms with E-state index in [0.717, 1.165) is 12.1 Å². The maximum Gasteiger partial charge on any atom is 0.341 e. The average Bonchev–Trinajstić information content (AvgIpc) is 2.45. The second-order valence-corrected chi connectivity index (χ2v) is 3.76. The van der Waals surface area contributed by atoms with Gasteiger partial charge in [0, 0.05) is 11.6 Å². The zero-order chi connectivity index (χ0) is 15.3. The van der Waals surface area contributed by atoms with Crippen molar-refractivity contribution in [2.45, 2.75) is 13.0 Å². The Morgan fingerprint density at radius 1 is 1.30 bits per heavy atom. The van der Waals surface area contributed by atoms with Gasteiger partial charge in [0.25, 0.3) is 0 Å². The highest BCUT2D eigenvalue weighted by molar-refractivity contribution is 5.93. The zero-order valence-electron chi connectivity index (χ0n) is 11.4. The fourth-order valence-corrected chi connectivity index (χ4v) is 1.59. The van der Waals surface area contributed by atoms with Gasteiger partial charge in [-0.25, -0.2) is 9.59 Å². The van der Waals surface area contributed by atoms with Gasteiger partial charge in [-0.2, -0.15) is 0 Å². The Labute approximate surface area is 115 Å². The molecule has 0 aliphatic carbocycles. The topological polar surface area (TPSA) is 102 Å². The van der Waals surface area contributed by atoms with Gasteiger partial charge in [-0.3, -0.25) is 0 Å². The van der Waals surface area contributed by atoms with Crippen molar-refractivity contribution in [3.63, 3.8) is 0 Å². The van der Waals surface area contributed by atoms with Crippen LogP contribution in [0.4, 0.5) is 0 Å². The minimum absolute atomic E-state index is 0.0221. The van der Waals surface area contributed by atoms with E-state index in [2.05, 4.69) is 9.47 Å². The van der Waals surface area contributed by atoms with Crippen molar-refractivity contribution >= 4 is 11.9 Å². The van der Waals surface area contributed by atoms with Crippen LogP contribution in [-0.2, 0) is 14.3 Å². The van der Waals surface area contributed by atoms with Crippen LogP contribution in [0.2, 0.25) is 0 Å². The van der Waals surface area contributed by atoms with E-state index in [-0.39, 0.29) is 23.5 Å². The molecule has 0 radical (unpaired) electrons. The van der Waals surface area contributed by atoms with Crippen LogP contribution in [0.1, 0.15) is 28.9 Å². The SMILES string of the molecule is CCOC(=O)C(O)c1cc(C(=O)OC)c(OC)cc1O. The van der Waals surface area contributed by atoms with Gasteiger partial charge in [-0.05, 0) is 13.0 Å². The van der Waals surface area contributed by atoms with Gasteiger partial charge in [-0.15, -0.1) is 0 Å². The fraction of sp³-hybridized carbons (Fsp3) is 0.385. The summed E-state index contributed by atoms with van der Waals surface area (Å²) in [5, 5.41) is 19.6. The number of rotatable bonds is 5. The highest BCUT2D eigenvalue weighted by Crippen LogP contribution is 2.33. The van der Waals surface area contributed by atoms with Gasteiger partial charge >= 0.3 is 11.9 Å². The summed E-state index contributed by atoms with van der Waals surface area (Å²) >= 11 is 0. The lowest BCUT2D eigenvalue weighted by atomic mass is 10.0. The number of carbonyl (C=O) groups is 2. The monoisotopic (exact) mass is 284 g/mol. The molecule has 0 bridgehead atoms. The molecule has 7 heteroatoms. The number of aliphatic hydroxyl groups excluding tert-OH is 1. The standard InChI is InChI=1S/C13H16O7/c1-4-20-13(17)11(15)7-5-8(12(16)19-3)10(18-2)6-9(7)14/h5-6,11,14-15H,4H2,1-3H3. The predicted octanol–water partition coefficient (Wildman–Crippen LogP) is 0.784. The smallest absolute Gasteiger partial charge is 0.341 e. The number of ether oxygens (including phenoxy) is 3. The number of aromatic hydroxyl groups is 1. The largest absolute Gasteiger partial charge is 0.507 e. The van der Waals surface area contributed by atoms with Gasteiger partial charge in [-0.1, -0.05) is 0 Å². The Morgan fingerprint density at radius 2 is 1.95 bits per heavy atom. The summed E-state index contributed by atoms with van der Waals surface area (Å²) in [6, 6.07) is 2.24. The summed E-state index contributed by atoms with van der Waals surface area (Å²) in [5.74, 6) is -1.98. The third kappa shape index (κ3) is 3.18. The minimum Gasteiger partial charge on any atom is -0.507 e. The van der Waals surface area contributed by atoms with Crippen molar-refractivity contribution in [1.82, 2.24) is 0 Å². The molecule has 1 rings (SSSR count). The second-order valence-electron chi connectivity index (χ2n) is 3.76. The fourth-order valence-electron chi connectivity index (χ4n) is 1.59. The van der Waals surface area contributed by atoms with E-state index in [0.29, 0.717) is 0 Å². The number of carbonyl (C=O) groups excluding carboxylic acids is 2. The number of hydrogen-bond donors (Lipinski definition) is 2. The molecular formula is C13H16O7. The molecule has 0 saturated heterocycles. The van der Waals surface area contributed by atoms with Gasteiger partial charge in [0.15, 0.2) is 6.10 Å². The second kappa shape index (κ2) is 6.76. The summed E-state index contributed by atoms with van der Waals surface area (Å²) in [6.45, 7) is 1.66. The molecule has 0 amide bonds. The van der Waals surface area contributed by atoms with E-state index in [4.69, 9.17) is 4.74 Å². The number of methoxy groups -OCH3 is 2. The quantitative estimate of drug-likeness (QED) is 0.770. The van der Waals surface area contributed by atoms with Crippen LogP contribution in [0.15, 0.2) is 12.1 Å². The average molecular weight is 284 g/mol. The maximum absolute atomic E-state index is 11.6. The van der Waals surface area contributed by atoms with E-state index in [1.165, 1.54) is 14.2 Å². The van der Waals surface area contributed by atoms with E-state index in [1.807, 2.05) is 0 Å². The zero-order valence-corrected chi connectivity index (χ0v) is 11.4. The van der Waals surface area contributed by atoms with Crippen molar-refractivity contribution in [2.24, 2.45) is 0 Å². The van der Waals surface area contributed by atoms with Gasteiger partial charge in [0.05, 0.1) is 20.8 Å². The normalized spacial score (nSPS) is 11.6. The molecule has 1 unspecified atom stereocenters. The van der Waals surface area contributed by atoms with Gasteiger partial charge in [0.1, 0.15) is 17.1 Å². The van der Waals surface area contributed by atoms with Crippen molar-refractivity contribution < 1.29 is 34.0 Å². The van der Waals surface area contributed by atoms with Crippen molar-refractivity contribution in [1.29, 1.82) is 0 Å². The Hall–Kier alpha value is -2.28. The summed E-state index contributed by atoms with van der Waals surface area (Å²) in [5.41, 5.74) is -0.184. The summed E-state index contributed by atoms with van der Waals surface area (Å²) < 4.78 is 14.1. The lowest BCUT2D eigenvalue weighted by Gasteiger charge is -2.14. The molecule has 0 aliphatic rings. The number of esters is 2. The van der Waals surface area contributed by atoms with E-state index < -0.39 is 23.8 Å². The predicted molar refractivity (Wildman–Crippen MR) is 67.6 cm³/mol. The van der Waals surface area contributed by atoms with Crippen LogP contribution in [-0.4, -0.2) is 43.0 Å². The molecule has 0 spiro atoms. The molecule has 2 N–H and O–H groups in total. The molecular weight excluding hydrogens is 268 g/mol. The number of benzene rings is 1. The molecule has 0 heterocycles. The Morgan fingerprint density at radius 3 is 2.45 bits per heavy atom. The Kier molecular flexibility index (Phi) is 5.33. The molecule has 1 atom stereocenters. The molecule has 1 aromatic rings. The van der Waals surface area contributed by atoms with Crippen molar-refractivity contribution in [3.8, 4) is 11.5 Å². The highest BCUT2D eigenvalue weighted by atomic mass is 16.5. The lowest BCUT2D eigenvalue weighted by Crippen LogP contribution is -2.16. The molecule has 20 heavy (non-hydrogen) atoms. The van der Waals surface area contributed by atoms with Gasteiger partial charge < -0.3 is 24.4 Å². The van der Waals surface area contributed by atoms with Crippen molar-refractivity contribution in [2.75, 3.05) is 20.8 Å². The molecule has 0 aliphatic heterocycles. The molecule has 1 aromatic carbocycles. The van der Waals surface area contributed by atoms with Crippen LogP contribution in [0.5, 0.6) is 11.5 Å². The van der Waals surface area contributed by atoms with Crippen LogP contribution in [0, 0.1) is 0 Å². The van der Waals surface area contributed by atoms with Gasteiger partial charge in [0.2, 0.25) is 0 Å². The Balaban J connectivity index is 3.27. The first kappa shape index (κ1) is 15.8. The van der Waals surface area contributed by atoms with E-state index in [1.54, 1.807) is 6.92 Å². The Bertz CT molecular complexity index is 510.